The fraction of sp³-hybridized carbons (Fsp3) is 0.708. The van der Waals surface area contributed by atoms with Crippen LogP contribution in [0, 0.1) is 5.92 Å². The van der Waals surface area contributed by atoms with Crippen LogP contribution in [0.2, 0.25) is 0 Å². The predicted molar refractivity (Wildman–Crippen MR) is 125 cm³/mol. The highest BCUT2D eigenvalue weighted by Gasteiger charge is 2.25. The standard InChI is InChI=1S/C24H37N3O2.ClH/c1-2-29-19-24(28)27-13-10-20(11-14-27)9-12-25-15-17-26(18-16-25)23-8-4-6-21-5-3-7-22(21)23;/h4,6,8,20H,2-3,5,7,9-19H2,1H3;1H. The largest absolute Gasteiger partial charge is 0.372 e. The van der Waals surface area contributed by atoms with Crippen LogP contribution >= 0.6 is 12.4 Å². The molecule has 2 aliphatic heterocycles. The molecule has 5 nitrogen and oxygen atoms in total. The Morgan fingerprint density at radius 2 is 1.83 bits per heavy atom. The molecule has 2 fully saturated rings. The minimum absolute atomic E-state index is 0. The van der Waals surface area contributed by atoms with Crippen molar-refractivity contribution in [1.29, 1.82) is 0 Å². The summed E-state index contributed by atoms with van der Waals surface area (Å²) in [6.07, 6.45) is 7.41. The molecule has 0 bridgehead atoms. The highest BCUT2D eigenvalue weighted by atomic mass is 35.5. The number of aryl methyl sites for hydroxylation is 1. The number of hydrogen-bond acceptors (Lipinski definition) is 4. The topological polar surface area (TPSA) is 36.0 Å². The average molecular weight is 436 g/mol. The Bertz CT molecular complexity index is 683. The van der Waals surface area contributed by atoms with E-state index >= 15 is 0 Å². The van der Waals surface area contributed by atoms with E-state index in [2.05, 4.69) is 28.0 Å². The number of halogens is 1. The summed E-state index contributed by atoms with van der Waals surface area (Å²) < 4.78 is 5.27. The maximum absolute atomic E-state index is 12.1. The zero-order chi connectivity index (χ0) is 20.1. The SMILES string of the molecule is CCOCC(=O)N1CCC(CCN2CCN(c3cccc4c3CCC4)CC2)CC1.Cl. The first-order chi connectivity index (χ1) is 14.2. The molecule has 0 spiro atoms. The van der Waals surface area contributed by atoms with Crippen LogP contribution in [0.5, 0.6) is 0 Å². The molecule has 2 heterocycles. The number of amides is 1. The maximum atomic E-state index is 12.1. The number of ether oxygens (including phenoxy) is 1. The van der Waals surface area contributed by atoms with E-state index in [1.807, 2.05) is 11.8 Å². The van der Waals surface area contributed by atoms with E-state index in [1.54, 1.807) is 11.1 Å². The zero-order valence-electron chi connectivity index (χ0n) is 18.5. The van der Waals surface area contributed by atoms with Crippen LogP contribution in [-0.4, -0.2) is 74.7 Å². The Labute approximate surface area is 188 Å². The van der Waals surface area contributed by atoms with Crippen LogP contribution < -0.4 is 4.90 Å². The number of rotatable bonds is 7. The number of carbonyl (C=O) groups is 1. The van der Waals surface area contributed by atoms with E-state index in [1.165, 1.54) is 51.0 Å². The minimum atomic E-state index is 0. The first-order valence-electron chi connectivity index (χ1n) is 11.7. The third-order valence-corrected chi connectivity index (χ3v) is 7.08. The third kappa shape index (κ3) is 5.68. The molecule has 1 aromatic rings. The Morgan fingerprint density at radius 1 is 1.07 bits per heavy atom. The summed E-state index contributed by atoms with van der Waals surface area (Å²) in [6.45, 7) is 10.5. The number of fused-ring (bicyclic) bond motifs is 1. The molecule has 0 radical (unpaired) electrons. The molecule has 1 amide bonds. The van der Waals surface area contributed by atoms with Crippen molar-refractivity contribution in [3.8, 4) is 0 Å². The zero-order valence-corrected chi connectivity index (χ0v) is 19.3. The Balaban J connectivity index is 0.00000256. The Morgan fingerprint density at radius 3 is 2.57 bits per heavy atom. The van der Waals surface area contributed by atoms with Crippen LogP contribution in [0.25, 0.3) is 0 Å². The first-order valence-corrected chi connectivity index (χ1v) is 11.7. The highest BCUT2D eigenvalue weighted by molar-refractivity contribution is 5.85. The summed E-state index contributed by atoms with van der Waals surface area (Å²) in [5, 5.41) is 0. The monoisotopic (exact) mass is 435 g/mol. The molecule has 2 saturated heterocycles. The van der Waals surface area contributed by atoms with Crippen molar-refractivity contribution in [2.75, 3.05) is 63.9 Å². The summed E-state index contributed by atoms with van der Waals surface area (Å²) in [7, 11) is 0. The summed E-state index contributed by atoms with van der Waals surface area (Å²) in [5.74, 6) is 0.926. The Kier molecular flexibility index (Phi) is 8.84. The molecular formula is C24H38ClN3O2. The number of anilines is 1. The van der Waals surface area contributed by atoms with E-state index in [-0.39, 0.29) is 24.9 Å². The second-order valence-corrected chi connectivity index (χ2v) is 8.85. The lowest BCUT2D eigenvalue weighted by atomic mass is 9.93. The number of hydrogen-bond donors (Lipinski definition) is 0. The smallest absolute Gasteiger partial charge is 0.248 e. The van der Waals surface area contributed by atoms with Crippen LogP contribution in [0.3, 0.4) is 0 Å². The summed E-state index contributed by atoms with van der Waals surface area (Å²) in [5.41, 5.74) is 4.70. The summed E-state index contributed by atoms with van der Waals surface area (Å²) in [6, 6.07) is 6.90. The van der Waals surface area contributed by atoms with Gasteiger partial charge in [0.25, 0.3) is 0 Å². The van der Waals surface area contributed by atoms with E-state index in [4.69, 9.17) is 4.74 Å². The van der Waals surface area contributed by atoms with Gasteiger partial charge in [-0.25, -0.2) is 0 Å². The third-order valence-electron chi connectivity index (χ3n) is 7.08. The van der Waals surface area contributed by atoms with Gasteiger partial charge in [-0.05, 0) is 75.1 Å². The molecule has 1 aliphatic carbocycles. The van der Waals surface area contributed by atoms with Gasteiger partial charge in [0.05, 0.1) is 0 Å². The molecule has 4 rings (SSSR count). The van der Waals surface area contributed by atoms with Crippen LogP contribution in [-0.2, 0) is 22.4 Å². The molecule has 1 aromatic carbocycles. The molecule has 6 heteroatoms. The highest BCUT2D eigenvalue weighted by Crippen LogP contribution is 2.32. The van der Waals surface area contributed by atoms with Gasteiger partial charge in [-0.2, -0.15) is 0 Å². The molecular weight excluding hydrogens is 398 g/mol. The van der Waals surface area contributed by atoms with Crippen molar-refractivity contribution in [3.63, 3.8) is 0 Å². The van der Waals surface area contributed by atoms with Crippen molar-refractivity contribution in [2.45, 2.75) is 45.4 Å². The predicted octanol–water partition coefficient (Wildman–Crippen LogP) is 3.38. The molecule has 0 N–H and O–H groups in total. The number of nitrogens with zero attached hydrogens (tertiary/aromatic N) is 3. The molecule has 0 saturated carbocycles. The van der Waals surface area contributed by atoms with Gasteiger partial charge in [-0.15, -0.1) is 12.4 Å². The van der Waals surface area contributed by atoms with Gasteiger partial charge in [-0.1, -0.05) is 12.1 Å². The average Bonchev–Trinajstić information content (AvgIpc) is 3.26. The number of piperidine rings is 1. The molecule has 30 heavy (non-hydrogen) atoms. The van der Waals surface area contributed by atoms with Gasteiger partial charge < -0.3 is 14.5 Å². The summed E-state index contributed by atoms with van der Waals surface area (Å²) >= 11 is 0. The van der Waals surface area contributed by atoms with E-state index in [9.17, 15) is 4.79 Å². The molecule has 0 aromatic heterocycles. The lowest BCUT2D eigenvalue weighted by Gasteiger charge is -2.38. The van der Waals surface area contributed by atoms with E-state index in [0.717, 1.165) is 44.9 Å². The van der Waals surface area contributed by atoms with E-state index < -0.39 is 0 Å². The second-order valence-electron chi connectivity index (χ2n) is 8.85. The van der Waals surface area contributed by atoms with Gasteiger partial charge in [0.15, 0.2) is 0 Å². The van der Waals surface area contributed by atoms with Crippen molar-refractivity contribution in [3.05, 3.63) is 29.3 Å². The first kappa shape index (κ1) is 23.4. The maximum Gasteiger partial charge on any atom is 0.248 e. The molecule has 0 atom stereocenters. The Hall–Kier alpha value is -1.30. The number of likely N-dealkylation sites (tertiary alicyclic amines) is 1. The van der Waals surface area contributed by atoms with Crippen LogP contribution in [0.4, 0.5) is 5.69 Å². The van der Waals surface area contributed by atoms with Gasteiger partial charge in [0, 0.05) is 51.6 Å². The fourth-order valence-corrected chi connectivity index (χ4v) is 5.23. The lowest BCUT2D eigenvalue weighted by molar-refractivity contribution is -0.137. The van der Waals surface area contributed by atoms with Crippen molar-refractivity contribution in [2.24, 2.45) is 5.92 Å². The lowest BCUT2D eigenvalue weighted by Crippen LogP contribution is -2.47. The normalized spacial score (nSPS) is 20.2. The quantitative estimate of drug-likeness (QED) is 0.657. The van der Waals surface area contributed by atoms with Crippen LogP contribution in [0.15, 0.2) is 18.2 Å². The van der Waals surface area contributed by atoms with Crippen molar-refractivity contribution < 1.29 is 9.53 Å². The van der Waals surface area contributed by atoms with Gasteiger partial charge in [0.2, 0.25) is 5.91 Å². The van der Waals surface area contributed by atoms with Gasteiger partial charge >= 0.3 is 0 Å². The van der Waals surface area contributed by atoms with Gasteiger partial charge in [-0.3, -0.25) is 9.69 Å². The fourth-order valence-electron chi connectivity index (χ4n) is 5.23. The minimum Gasteiger partial charge on any atom is -0.372 e. The number of benzene rings is 1. The molecule has 168 valence electrons. The summed E-state index contributed by atoms with van der Waals surface area (Å²) in [4.78, 5) is 19.3. The molecule has 0 unspecified atom stereocenters. The molecule has 3 aliphatic rings. The van der Waals surface area contributed by atoms with Gasteiger partial charge in [0.1, 0.15) is 6.61 Å². The van der Waals surface area contributed by atoms with Crippen molar-refractivity contribution >= 4 is 24.0 Å². The van der Waals surface area contributed by atoms with E-state index in [0.29, 0.717) is 6.61 Å². The van der Waals surface area contributed by atoms with Crippen molar-refractivity contribution in [1.82, 2.24) is 9.80 Å². The second kappa shape index (κ2) is 11.4. The van der Waals surface area contributed by atoms with Crippen LogP contribution in [0.1, 0.15) is 43.7 Å². The number of carbonyl (C=O) groups excluding carboxylic acids is 1. The number of piperazine rings is 1.